The van der Waals surface area contributed by atoms with Crippen molar-refractivity contribution in [2.75, 3.05) is 5.43 Å². The van der Waals surface area contributed by atoms with E-state index in [1.165, 1.54) is 9.26 Å². The van der Waals surface area contributed by atoms with E-state index in [-0.39, 0.29) is 21.0 Å². The lowest BCUT2D eigenvalue weighted by Crippen LogP contribution is -1.81. The topological polar surface area (TPSA) is 24.4 Å². The van der Waals surface area contributed by atoms with Crippen LogP contribution in [0.2, 0.25) is 0 Å². The van der Waals surface area contributed by atoms with E-state index in [1.807, 2.05) is 6.07 Å². The van der Waals surface area contributed by atoms with E-state index in [4.69, 9.17) is 0 Å². The number of halogens is 1. The molecule has 1 N–H and O–H groups in total. The standard InChI is InChI=1S/C6H5IN2/c1-2-4-6-5(3-1)7-9-8-6/h1-4,8H. The molecule has 1 aliphatic rings. The van der Waals surface area contributed by atoms with E-state index in [2.05, 4.69) is 26.9 Å². The number of nitrogens with zero attached hydrogens (tertiary/aromatic N) is 1. The quantitative estimate of drug-likeness (QED) is 0.682. The lowest BCUT2D eigenvalue weighted by molar-refractivity contribution is 1.40. The summed E-state index contributed by atoms with van der Waals surface area (Å²) < 4.78 is 5.51. The summed E-state index contributed by atoms with van der Waals surface area (Å²) in [5, 5.41) is 0. The van der Waals surface area contributed by atoms with E-state index in [1.54, 1.807) is 0 Å². The molecule has 3 heteroatoms. The maximum atomic E-state index is 4.11. The Balaban J connectivity index is 2.63. The Labute approximate surface area is 63.4 Å². The Morgan fingerprint density at radius 3 is 3.11 bits per heavy atom. The first-order valence-corrected chi connectivity index (χ1v) is 4.70. The van der Waals surface area contributed by atoms with Gasteiger partial charge in [0.2, 0.25) is 0 Å². The molecule has 9 heavy (non-hydrogen) atoms. The minimum atomic E-state index is -0.0636. The molecule has 0 bridgehead atoms. The van der Waals surface area contributed by atoms with Gasteiger partial charge in [0.05, 0.1) is 30.3 Å². The van der Waals surface area contributed by atoms with Crippen LogP contribution in [0.4, 0.5) is 5.69 Å². The van der Waals surface area contributed by atoms with Crippen LogP contribution in [0, 0.1) is 3.57 Å². The second-order valence-corrected chi connectivity index (χ2v) is 3.89. The molecule has 1 aromatic rings. The molecule has 0 aromatic heterocycles. The van der Waals surface area contributed by atoms with Gasteiger partial charge in [0.15, 0.2) is 0 Å². The minimum absolute atomic E-state index is 0.0636. The van der Waals surface area contributed by atoms with Crippen molar-refractivity contribution in [2.45, 2.75) is 0 Å². The van der Waals surface area contributed by atoms with Crippen molar-refractivity contribution >= 4 is 26.7 Å². The van der Waals surface area contributed by atoms with Crippen molar-refractivity contribution in [1.29, 1.82) is 0 Å². The summed E-state index contributed by atoms with van der Waals surface area (Å²) >= 11 is -0.0636. The minimum Gasteiger partial charge on any atom is -0.272 e. The highest BCUT2D eigenvalue weighted by Crippen LogP contribution is 2.28. The molecule has 46 valence electrons. The highest BCUT2D eigenvalue weighted by Gasteiger charge is 2.02. The third-order valence-electron chi connectivity index (χ3n) is 1.17. The zero-order chi connectivity index (χ0) is 6.10. The molecule has 0 amide bonds. The molecular formula is C6H5IN2. The fourth-order valence-corrected chi connectivity index (χ4v) is 2.31. The molecule has 0 aliphatic carbocycles. The lowest BCUT2D eigenvalue weighted by atomic mass is 10.3. The van der Waals surface area contributed by atoms with Crippen LogP contribution in [0.15, 0.2) is 27.5 Å². The second-order valence-electron chi connectivity index (χ2n) is 1.76. The van der Waals surface area contributed by atoms with E-state index < -0.39 is 0 Å². The monoisotopic (exact) mass is 232 g/mol. The van der Waals surface area contributed by atoms with E-state index >= 15 is 0 Å². The fraction of sp³-hybridized carbons (Fsp3) is 0. The van der Waals surface area contributed by atoms with E-state index in [0.717, 1.165) is 0 Å². The summed E-state index contributed by atoms with van der Waals surface area (Å²) in [6.45, 7) is 0. The third-order valence-corrected chi connectivity index (χ3v) is 3.11. The molecule has 0 spiro atoms. The molecule has 0 fully saturated rings. The zero-order valence-corrected chi connectivity index (χ0v) is 6.79. The van der Waals surface area contributed by atoms with Crippen LogP contribution in [0.1, 0.15) is 0 Å². The van der Waals surface area contributed by atoms with Gasteiger partial charge in [-0.2, -0.15) is 0 Å². The van der Waals surface area contributed by atoms with Crippen LogP contribution in [0.5, 0.6) is 0 Å². The van der Waals surface area contributed by atoms with E-state index in [9.17, 15) is 0 Å². The van der Waals surface area contributed by atoms with Gasteiger partial charge in [0.1, 0.15) is 0 Å². The Morgan fingerprint density at radius 1 is 1.33 bits per heavy atom. The number of hydrogen-bond donors (Lipinski definition) is 1. The lowest BCUT2D eigenvalue weighted by Gasteiger charge is -1.91. The van der Waals surface area contributed by atoms with Gasteiger partial charge in [0, 0.05) is 0 Å². The third kappa shape index (κ3) is 0.849. The number of benzene rings is 1. The molecule has 1 aromatic carbocycles. The largest absolute Gasteiger partial charge is 0.272 e. The molecular weight excluding hydrogens is 227 g/mol. The second kappa shape index (κ2) is 2.06. The van der Waals surface area contributed by atoms with Crippen LogP contribution in [0.25, 0.3) is 0 Å². The summed E-state index contributed by atoms with van der Waals surface area (Å²) in [5.74, 6) is 0. The van der Waals surface area contributed by atoms with Crippen LogP contribution in [-0.4, -0.2) is 0 Å². The van der Waals surface area contributed by atoms with Gasteiger partial charge in [0.25, 0.3) is 0 Å². The van der Waals surface area contributed by atoms with Crippen LogP contribution >= 0.6 is 21.0 Å². The predicted octanol–water partition coefficient (Wildman–Crippen LogP) is 2.35. The average molecular weight is 232 g/mol. The van der Waals surface area contributed by atoms with Gasteiger partial charge in [-0.05, 0) is 12.1 Å². The number of para-hydroxylation sites is 1. The first-order valence-electron chi connectivity index (χ1n) is 2.66. The number of rotatable bonds is 0. The Kier molecular flexibility index (Phi) is 1.22. The molecule has 1 heterocycles. The Bertz CT molecular complexity index is 257. The van der Waals surface area contributed by atoms with Crippen molar-refractivity contribution in [3.05, 3.63) is 27.8 Å². The maximum Gasteiger partial charge on any atom is 0.0710 e. The highest BCUT2D eigenvalue weighted by molar-refractivity contribution is 14.2. The van der Waals surface area contributed by atoms with Crippen LogP contribution < -0.4 is 5.43 Å². The molecule has 1 aliphatic heterocycles. The first-order chi connectivity index (χ1) is 4.47. The smallest absolute Gasteiger partial charge is 0.0710 e. The molecule has 2 rings (SSSR count). The zero-order valence-electron chi connectivity index (χ0n) is 4.63. The van der Waals surface area contributed by atoms with Gasteiger partial charge in [-0.1, -0.05) is 12.1 Å². The molecule has 0 saturated heterocycles. The first kappa shape index (κ1) is 5.34. The van der Waals surface area contributed by atoms with E-state index in [0.29, 0.717) is 0 Å². The molecule has 0 unspecified atom stereocenters. The van der Waals surface area contributed by atoms with Crippen LogP contribution in [-0.2, 0) is 0 Å². The van der Waals surface area contributed by atoms with Crippen molar-refractivity contribution in [3.63, 3.8) is 0 Å². The highest BCUT2D eigenvalue weighted by atomic mass is 127. The van der Waals surface area contributed by atoms with Crippen molar-refractivity contribution in [1.82, 2.24) is 0 Å². The molecule has 0 atom stereocenters. The molecule has 0 radical (unpaired) electrons. The van der Waals surface area contributed by atoms with Crippen molar-refractivity contribution < 1.29 is 0 Å². The summed E-state index contributed by atoms with van der Waals surface area (Å²) in [6, 6.07) is 8.27. The molecule has 2 nitrogen and oxygen atoms in total. The van der Waals surface area contributed by atoms with Crippen molar-refractivity contribution in [2.24, 2.45) is 3.25 Å². The van der Waals surface area contributed by atoms with Gasteiger partial charge < -0.3 is 0 Å². The SMILES string of the molecule is c1ccc2c(c1)NN=I2. The van der Waals surface area contributed by atoms with Crippen LogP contribution in [0.3, 0.4) is 0 Å². The van der Waals surface area contributed by atoms with Gasteiger partial charge in [-0.3, -0.25) is 5.43 Å². The number of anilines is 1. The number of fused-ring (bicyclic) bond motifs is 1. The fourth-order valence-electron chi connectivity index (χ4n) is 0.738. The average Bonchev–Trinajstić information content (AvgIpc) is 2.33. The predicted molar refractivity (Wildman–Crippen MR) is 45.2 cm³/mol. The summed E-state index contributed by atoms with van der Waals surface area (Å²) in [5.41, 5.74) is 4.17. The number of hydrogen-bond acceptors (Lipinski definition) is 2. The summed E-state index contributed by atoms with van der Waals surface area (Å²) in [6.07, 6.45) is 0. The Hall–Kier alpha value is -0.450. The summed E-state index contributed by atoms with van der Waals surface area (Å²) in [7, 11) is 0. The van der Waals surface area contributed by atoms with Gasteiger partial charge in [-0.15, -0.1) is 3.25 Å². The number of nitrogens with one attached hydrogen (secondary N) is 1. The Morgan fingerprint density at radius 2 is 2.22 bits per heavy atom. The maximum absolute atomic E-state index is 4.11. The normalized spacial score (nSPS) is 13.8. The van der Waals surface area contributed by atoms with Gasteiger partial charge >= 0.3 is 0 Å². The molecule has 0 saturated carbocycles. The van der Waals surface area contributed by atoms with Crippen molar-refractivity contribution in [3.8, 4) is 0 Å². The van der Waals surface area contributed by atoms with Gasteiger partial charge in [-0.25, -0.2) is 0 Å². The summed E-state index contributed by atoms with van der Waals surface area (Å²) in [4.78, 5) is 0.